The normalized spacial score (nSPS) is 10.1. The second-order valence-corrected chi connectivity index (χ2v) is 4.31. The van der Waals surface area contributed by atoms with Gasteiger partial charge in [0.05, 0.1) is 11.3 Å². The fourth-order valence-corrected chi connectivity index (χ4v) is 1.79. The molecule has 0 aliphatic heterocycles. The Hall–Kier alpha value is -2.44. The average molecular weight is 280 g/mol. The van der Waals surface area contributed by atoms with E-state index >= 15 is 0 Å². The molecule has 0 aliphatic rings. The van der Waals surface area contributed by atoms with Gasteiger partial charge in [-0.2, -0.15) is 0 Å². The first kappa shape index (κ1) is 15.6. The van der Waals surface area contributed by atoms with E-state index in [0.717, 1.165) is 0 Å². The van der Waals surface area contributed by atoms with Crippen LogP contribution in [0.15, 0.2) is 24.3 Å². The van der Waals surface area contributed by atoms with Crippen molar-refractivity contribution in [2.45, 2.75) is 19.8 Å². The molecule has 0 atom stereocenters. The number of carbonyl (C=O) groups excluding carboxylic acids is 1. The van der Waals surface area contributed by atoms with Crippen LogP contribution in [-0.4, -0.2) is 39.9 Å². The van der Waals surface area contributed by atoms with E-state index in [-0.39, 0.29) is 24.6 Å². The minimum absolute atomic E-state index is 0.0467. The van der Waals surface area contributed by atoms with Crippen molar-refractivity contribution in [1.82, 2.24) is 4.90 Å². The van der Waals surface area contributed by atoms with Crippen LogP contribution in [0, 0.1) is 10.1 Å². The Kier molecular flexibility index (Phi) is 5.64. The van der Waals surface area contributed by atoms with Gasteiger partial charge in [0.15, 0.2) is 0 Å². The Bertz CT molecular complexity index is 515. The predicted molar refractivity (Wildman–Crippen MR) is 71.3 cm³/mol. The number of nitro groups is 1. The van der Waals surface area contributed by atoms with Gasteiger partial charge in [-0.1, -0.05) is 19.1 Å². The molecule has 7 heteroatoms. The van der Waals surface area contributed by atoms with Gasteiger partial charge in [-0.25, -0.2) is 0 Å². The number of non-ortho nitro benzene ring substituents is 1. The Balaban J connectivity index is 2.79. The number of carboxylic acid groups (broad SMARTS) is 1. The Morgan fingerprint density at radius 2 is 2.10 bits per heavy atom. The van der Waals surface area contributed by atoms with E-state index in [2.05, 4.69) is 0 Å². The highest BCUT2D eigenvalue weighted by molar-refractivity contribution is 5.83. The molecular weight excluding hydrogens is 264 g/mol. The van der Waals surface area contributed by atoms with Crippen molar-refractivity contribution < 1.29 is 19.6 Å². The van der Waals surface area contributed by atoms with Crippen molar-refractivity contribution >= 4 is 17.6 Å². The summed E-state index contributed by atoms with van der Waals surface area (Å²) in [5.41, 5.74) is 0.409. The van der Waals surface area contributed by atoms with E-state index in [1.54, 1.807) is 6.07 Å². The number of hydrogen-bond acceptors (Lipinski definition) is 4. The highest BCUT2D eigenvalue weighted by atomic mass is 16.6. The number of carbonyl (C=O) groups is 2. The van der Waals surface area contributed by atoms with E-state index in [0.29, 0.717) is 18.5 Å². The molecule has 7 nitrogen and oxygen atoms in total. The van der Waals surface area contributed by atoms with Crippen molar-refractivity contribution in [2.24, 2.45) is 0 Å². The summed E-state index contributed by atoms with van der Waals surface area (Å²) >= 11 is 0. The zero-order valence-electron chi connectivity index (χ0n) is 11.1. The van der Waals surface area contributed by atoms with Crippen molar-refractivity contribution in [2.75, 3.05) is 13.1 Å². The van der Waals surface area contributed by atoms with Crippen molar-refractivity contribution in [1.29, 1.82) is 0 Å². The van der Waals surface area contributed by atoms with Crippen LogP contribution < -0.4 is 0 Å². The van der Waals surface area contributed by atoms with Crippen LogP contribution in [0.1, 0.15) is 18.9 Å². The Morgan fingerprint density at radius 3 is 2.65 bits per heavy atom. The van der Waals surface area contributed by atoms with Gasteiger partial charge in [-0.3, -0.25) is 19.7 Å². The van der Waals surface area contributed by atoms with Crippen LogP contribution in [-0.2, 0) is 16.0 Å². The van der Waals surface area contributed by atoms with Crippen LogP contribution in [0.25, 0.3) is 0 Å². The highest BCUT2D eigenvalue weighted by Crippen LogP contribution is 2.14. The van der Waals surface area contributed by atoms with E-state index in [9.17, 15) is 19.7 Å². The number of rotatable bonds is 7. The number of carboxylic acids is 1. The first-order valence-corrected chi connectivity index (χ1v) is 6.17. The van der Waals surface area contributed by atoms with E-state index < -0.39 is 10.9 Å². The van der Waals surface area contributed by atoms with Gasteiger partial charge in [-0.15, -0.1) is 0 Å². The summed E-state index contributed by atoms with van der Waals surface area (Å²) in [6, 6.07) is 5.77. The molecule has 20 heavy (non-hydrogen) atoms. The second-order valence-electron chi connectivity index (χ2n) is 4.31. The standard InChI is InChI=1S/C13H16N2O5/c1-2-6-14(9-13(17)18)12(16)8-10-4-3-5-11(7-10)15(19)20/h3-5,7H,2,6,8-9H2,1H3,(H,17,18). The molecule has 0 saturated carbocycles. The van der Waals surface area contributed by atoms with Gasteiger partial charge in [0, 0.05) is 18.7 Å². The highest BCUT2D eigenvalue weighted by Gasteiger charge is 2.17. The number of nitro benzene ring substituents is 1. The number of benzene rings is 1. The molecular formula is C13H16N2O5. The maximum Gasteiger partial charge on any atom is 0.323 e. The molecule has 0 heterocycles. The number of hydrogen-bond donors (Lipinski definition) is 1. The molecule has 1 aromatic rings. The lowest BCUT2D eigenvalue weighted by Gasteiger charge is -2.19. The summed E-state index contributed by atoms with van der Waals surface area (Å²) in [5.74, 6) is -1.43. The molecule has 1 N–H and O–H groups in total. The fourth-order valence-electron chi connectivity index (χ4n) is 1.79. The summed E-state index contributed by atoms with van der Waals surface area (Å²) < 4.78 is 0. The number of nitrogens with zero attached hydrogens (tertiary/aromatic N) is 2. The van der Waals surface area contributed by atoms with Crippen molar-refractivity contribution in [3.63, 3.8) is 0 Å². The third-order valence-electron chi connectivity index (χ3n) is 2.65. The van der Waals surface area contributed by atoms with Crippen LogP contribution in [0.4, 0.5) is 5.69 Å². The molecule has 0 fully saturated rings. The Labute approximate surface area is 116 Å². The smallest absolute Gasteiger partial charge is 0.323 e. The number of amides is 1. The summed E-state index contributed by atoms with van der Waals surface area (Å²) in [5, 5.41) is 19.4. The lowest BCUT2D eigenvalue weighted by Crippen LogP contribution is -2.37. The van der Waals surface area contributed by atoms with Gasteiger partial charge in [-0.05, 0) is 12.0 Å². The second kappa shape index (κ2) is 7.22. The zero-order valence-corrected chi connectivity index (χ0v) is 11.1. The van der Waals surface area contributed by atoms with Gasteiger partial charge >= 0.3 is 5.97 Å². The average Bonchev–Trinajstić information content (AvgIpc) is 2.38. The topological polar surface area (TPSA) is 101 Å². The summed E-state index contributed by atoms with van der Waals surface area (Å²) in [4.78, 5) is 34.1. The minimum Gasteiger partial charge on any atom is -0.480 e. The monoisotopic (exact) mass is 280 g/mol. The van der Waals surface area contributed by atoms with Gasteiger partial charge in [0.1, 0.15) is 6.54 Å². The molecule has 1 amide bonds. The number of aliphatic carboxylic acids is 1. The molecule has 0 aliphatic carbocycles. The lowest BCUT2D eigenvalue weighted by molar-refractivity contribution is -0.384. The van der Waals surface area contributed by atoms with E-state index in [1.165, 1.54) is 23.1 Å². The SMILES string of the molecule is CCCN(CC(=O)O)C(=O)Cc1cccc([N+](=O)[O-])c1. The molecule has 0 bridgehead atoms. The lowest BCUT2D eigenvalue weighted by atomic mass is 10.1. The molecule has 108 valence electrons. The van der Waals surface area contributed by atoms with Crippen molar-refractivity contribution in [3.05, 3.63) is 39.9 Å². The molecule has 1 rings (SSSR count). The van der Waals surface area contributed by atoms with Crippen LogP contribution in [0.3, 0.4) is 0 Å². The minimum atomic E-state index is -1.08. The van der Waals surface area contributed by atoms with Gasteiger partial charge in [0.2, 0.25) is 5.91 Å². The molecule has 1 aromatic carbocycles. The van der Waals surface area contributed by atoms with Crippen LogP contribution >= 0.6 is 0 Å². The fraction of sp³-hybridized carbons (Fsp3) is 0.385. The maximum atomic E-state index is 12.0. The van der Waals surface area contributed by atoms with E-state index in [1.807, 2.05) is 6.92 Å². The maximum absolute atomic E-state index is 12.0. The third kappa shape index (κ3) is 4.68. The Morgan fingerprint density at radius 1 is 1.40 bits per heavy atom. The van der Waals surface area contributed by atoms with E-state index in [4.69, 9.17) is 5.11 Å². The van der Waals surface area contributed by atoms with Gasteiger partial charge < -0.3 is 10.0 Å². The van der Waals surface area contributed by atoms with Crippen LogP contribution in [0.5, 0.6) is 0 Å². The molecule has 0 spiro atoms. The zero-order chi connectivity index (χ0) is 15.1. The predicted octanol–water partition coefficient (Wildman–Crippen LogP) is 1.46. The van der Waals surface area contributed by atoms with Crippen molar-refractivity contribution in [3.8, 4) is 0 Å². The first-order chi connectivity index (χ1) is 9.43. The van der Waals surface area contributed by atoms with Gasteiger partial charge in [0.25, 0.3) is 5.69 Å². The summed E-state index contributed by atoms with van der Waals surface area (Å²) in [7, 11) is 0. The molecule has 0 saturated heterocycles. The summed E-state index contributed by atoms with van der Waals surface area (Å²) in [6.45, 7) is 1.83. The van der Waals surface area contributed by atoms with Crippen LogP contribution in [0.2, 0.25) is 0 Å². The molecule has 0 radical (unpaired) electrons. The summed E-state index contributed by atoms with van der Waals surface area (Å²) in [6.07, 6.45) is 0.600. The molecule has 0 unspecified atom stereocenters. The largest absolute Gasteiger partial charge is 0.480 e. The quantitative estimate of drug-likeness (QED) is 0.602. The first-order valence-electron chi connectivity index (χ1n) is 6.17. The third-order valence-corrected chi connectivity index (χ3v) is 2.65. The molecule has 0 aromatic heterocycles.